The van der Waals surface area contributed by atoms with Crippen LogP contribution in [-0.4, -0.2) is 67.7 Å². The van der Waals surface area contributed by atoms with Gasteiger partial charge in [-0.25, -0.2) is 9.97 Å². The molecule has 5 rings (SSSR count). The maximum absolute atomic E-state index is 10.4. The summed E-state index contributed by atoms with van der Waals surface area (Å²) >= 11 is 0. The summed E-state index contributed by atoms with van der Waals surface area (Å²) in [7, 11) is 1.90. The quantitative estimate of drug-likeness (QED) is 0.650. The summed E-state index contributed by atoms with van der Waals surface area (Å²) < 4.78 is 7.35. The number of hydrogen-bond donors (Lipinski definition) is 2. The third-order valence-corrected chi connectivity index (χ3v) is 7.25. The Hall–Kier alpha value is -2.55. The van der Waals surface area contributed by atoms with Gasteiger partial charge in [0.05, 0.1) is 36.1 Å². The maximum Gasteiger partial charge on any atom is 0.228 e. The number of likely N-dealkylation sites (tertiary alicyclic amines) is 1. The van der Waals surface area contributed by atoms with Gasteiger partial charge in [-0.15, -0.1) is 0 Å². The van der Waals surface area contributed by atoms with Gasteiger partial charge in [-0.2, -0.15) is 5.10 Å². The van der Waals surface area contributed by atoms with E-state index in [4.69, 9.17) is 9.72 Å². The maximum atomic E-state index is 10.4. The van der Waals surface area contributed by atoms with Gasteiger partial charge in [0.1, 0.15) is 5.82 Å². The Morgan fingerprint density at radius 1 is 1.19 bits per heavy atom. The summed E-state index contributed by atoms with van der Waals surface area (Å²) in [6.07, 6.45) is 3.61. The van der Waals surface area contributed by atoms with Crippen LogP contribution in [0.5, 0.6) is 0 Å². The first-order valence-corrected chi connectivity index (χ1v) is 11.4. The van der Waals surface area contributed by atoms with Crippen LogP contribution in [0.15, 0.2) is 24.4 Å². The lowest BCUT2D eigenvalue weighted by Crippen LogP contribution is -2.56. The summed E-state index contributed by atoms with van der Waals surface area (Å²) in [5, 5.41) is 19.1. The molecule has 0 amide bonds. The zero-order chi connectivity index (χ0) is 22.5. The summed E-state index contributed by atoms with van der Waals surface area (Å²) in [6, 6.07) is 6.42. The number of aromatic nitrogens is 4. The Labute approximate surface area is 188 Å². The molecule has 2 saturated heterocycles. The molecule has 0 unspecified atom stereocenters. The number of piperidine rings is 1. The van der Waals surface area contributed by atoms with Crippen molar-refractivity contribution in [3.63, 3.8) is 0 Å². The predicted octanol–water partition coefficient (Wildman–Crippen LogP) is 3.05. The van der Waals surface area contributed by atoms with Crippen LogP contribution < -0.4 is 5.32 Å². The molecule has 2 aromatic heterocycles. The molecule has 0 saturated carbocycles. The standard InChI is InChI=1S/C24H32N6O2/c1-15-9-18-12-25-23(27-22-10-16(2)28-29(22)4)26-20(18)11-19(15)17-5-7-30(8-6-17)24(3)14-32-13-21(24)31/h9-12,17,21,31H,5-8,13-14H2,1-4H3,(H,25,26,27)/t21-,24+/m1/s1. The van der Waals surface area contributed by atoms with Crippen LogP contribution in [0.25, 0.3) is 10.9 Å². The van der Waals surface area contributed by atoms with Crippen LogP contribution in [0.2, 0.25) is 0 Å². The normalized spacial score (nSPS) is 25.0. The Kier molecular flexibility index (Phi) is 5.39. The lowest BCUT2D eigenvalue weighted by atomic mass is 9.84. The highest BCUT2D eigenvalue weighted by Crippen LogP contribution is 2.36. The van der Waals surface area contributed by atoms with E-state index in [0.717, 1.165) is 48.3 Å². The predicted molar refractivity (Wildman–Crippen MR) is 124 cm³/mol. The molecule has 2 aliphatic heterocycles. The molecule has 8 nitrogen and oxygen atoms in total. The number of ether oxygens (including phenoxy) is 1. The number of hydrogen-bond acceptors (Lipinski definition) is 7. The highest BCUT2D eigenvalue weighted by Gasteiger charge is 2.44. The van der Waals surface area contributed by atoms with E-state index in [1.54, 1.807) is 4.68 Å². The van der Waals surface area contributed by atoms with Gasteiger partial charge >= 0.3 is 0 Å². The van der Waals surface area contributed by atoms with Gasteiger partial charge in [-0.05, 0) is 75.9 Å². The van der Waals surface area contributed by atoms with E-state index in [1.165, 1.54) is 11.1 Å². The fraction of sp³-hybridized carbons (Fsp3) is 0.542. The van der Waals surface area contributed by atoms with Crippen molar-refractivity contribution in [1.82, 2.24) is 24.6 Å². The molecule has 0 bridgehead atoms. The number of anilines is 2. The molecule has 0 aliphatic carbocycles. The Bertz CT molecular complexity index is 1140. The average Bonchev–Trinajstić information content (AvgIpc) is 3.28. The van der Waals surface area contributed by atoms with Crippen LogP contribution in [0.3, 0.4) is 0 Å². The van der Waals surface area contributed by atoms with E-state index in [1.807, 2.05) is 26.2 Å². The van der Waals surface area contributed by atoms with Crippen molar-refractivity contribution in [2.45, 2.75) is 51.2 Å². The number of aryl methyl sites for hydroxylation is 3. The molecule has 170 valence electrons. The van der Waals surface area contributed by atoms with Crippen LogP contribution in [-0.2, 0) is 11.8 Å². The summed E-state index contributed by atoms with van der Waals surface area (Å²) in [5.41, 5.74) is 4.30. The van der Waals surface area contributed by atoms with Crippen molar-refractivity contribution in [1.29, 1.82) is 0 Å². The SMILES string of the molecule is Cc1cc(Nc2ncc3cc(C)c(C4CCN([C@@]5(C)COC[C@H]5O)CC4)cc3n2)n(C)n1. The third kappa shape index (κ3) is 3.76. The molecular formula is C24H32N6O2. The van der Waals surface area contributed by atoms with E-state index in [2.05, 4.69) is 46.3 Å². The molecule has 32 heavy (non-hydrogen) atoms. The van der Waals surface area contributed by atoms with Gasteiger partial charge in [0.2, 0.25) is 5.95 Å². The van der Waals surface area contributed by atoms with Crippen molar-refractivity contribution in [2.75, 3.05) is 31.6 Å². The molecule has 2 N–H and O–H groups in total. The number of fused-ring (bicyclic) bond motifs is 1. The first-order valence-electron chi connectivity index (χ1n) is 11.4. The lowest BCUT2D eigenvalue weighted by Gasteiger charge is -2.43. The summed E-state index contributed by atoms with van der Waals surface area (Å²) in [4.78, 5) is 11.7. The number of benzene rings is 1. The molecule has 3 aromatic rings. The molecule has 0 radical (unpaired) electrons. The highest BCUT2D eigenvalue weighted by atomic mass is 16.5. The minimum absolute atomic E-state index is 0.263. The van der Waals surface area contributed by atoms with Crippen molar-refractivity contribution in [3.8, 4) is 0 Å². The van der Waals surface area contributed by atoms with Crippen LogP contribution in [0.1, 0.15) is 42.5 Å². The average molecular weight is 437 g/mol. The summed E-state index contributed by atoms with van der Waals surface area (Å²) in [5.74, 6) is 1.94. The second kappa shape index (κ2) is 8.10. The molecular weight excluding hydrogens is 404 g/mol. The smallest absolute Gasteiger partial charge is 0.228 e. The minimum Gasteiger partial charge on any atom is -0.389 e. The highest BCUT2D eigenvalue weighted by molar-refractivity contribution is 5.81. The Morgan fingerprint density at radius 3 is 2.62 bits per heavy atom. The number of nitrogens with one attached hydrogen (secondary N) is 1. The monoisotopic (exact) mass is 436 g/mol. The second-order valence-electron chi connectivity index (χ2n) is 9.53. The van der Waals surface area contributed by atoms with Gasteiger partial charge in [0.15, 0.2) is 0 Å². The number of rotatable bonds is 4. The fourth-order valence-corrected chi connectivity index (χ4v) is 5.21. The second-order valence-corrected chi connectivity index (χ2v) is 9.53. The number of nitrogens with zero attached hydrogens (tertiary/aromatic N) is 5. The van der Waals surface area contributed by atoms with Crippen molar-refractivity contribution < 1.29 is 9.84 Å². The van der Waals surface area contributed by atoms with Gasteiger partial charge in [0, 0.05) is 24.7 Å². The van der Waals surface area contributed by atoms with Gasteiger partial charge < -0.3 is 15.2 Å². The Morgan fingerprint density at radius 2 is 1.97 bits per heavy atom. The van der Waals surface area contributed by atoms with Crippen molar-refractivity contribution in [3.05, 3.63) is 41.2 Å². The minimum atomic E-state index is -0.410. The van der Waals surface area contributed by atoms with Crippen molar-refractivity contribution in [2.24, 2.45) is 7.05 Å². The van der Waals surface area contributed by atoms with E-state index in [0.29, 0.717) is 25.1 Å². The van der Waals surface area contributed by atoms with E-state index < -0.39 is 6.10 Å². The van der Waals surface area contributed by atoms with E-state index in [9.17, 15) is 5.11 Å². The van der Waals surface area contributed by atoms with E-state index >= 15 is 0 Å². The lowest BCUT2D eigenvalue weighted by molar-refractivity contribution is -0.00214. The first-order chi connectivity index (χ1) is 15.3. The van der Waals surface area contributed by atoms with Gasteiger partial charge in [0.25, 0.3) is 0 Å². The number of aliphatic hydroxyl groups is 1. The summed E-state index contributed by atoms with van der Waals surface area (Å²) in [6.45, 7) is 9.26. The van der Waals surface area contributed by atoms with Crippen LogP contribution >= 0.6 is 0 Å². The first kappa shape index (κ1) is 21.3. The molecule has 8 heteroatoms. The fourth-order valence-electron chi connectivity index (χ4n) is 5.21. The zero-order valence-electron chi connectivity index (χ0n) is 19.3. The largest absolute Gasteiger partial charge is 0.389 e. The van der Waals surface area contributed by atoms with Crippen LogP contribution in [0, 0.1) is 13.8 Å². The molecule has 2 fully saturated rings. The number of aliphatic hydroxyl groups excluding tert-OH is 1. The molecule has 0 spiro atoms. The third-order valence-electron chi connectivity index (χ3n) is 7.25. The molecule has 1 aromatic carbocycles. The van der Waals surface area contributed by atoms with Crippen molar-refractivity contribution >= 4 is 22.7 Å². The van der Waals surface area contributed by atoms with Crippen LogP contribution in [0.4, 0.5) is 11.8 Å². The van der Waals surface area contributed by atoms with Gasteiger partial charge in [-0.1, -0.05) is 0 Å². The Balaban J connectivity index is 1.36. The molecule has 2 aliphatic rings. The zero-order valence-corrected chi connectivity index (χ0v) is 19.3. The van der Waals surface area contributed by atoms with E-state index in [-0.39, 0.29) is 5.54 Å². The molecule has 2 atom stereocenters. The van der Waals surface area contributed by atoms with Gasteiger partial charge in [-0.3, -0.25) is 9.58 Å². The molecule has 4 heterocycles. The topological polar surface area (TPSA) is 88.3 Å².